The molecule has 1 aromatic carbocycles. The number of fused-ring (bicyclic) bond motifs is 1. The zero-order valence-electron chi connectivity index (χ0n) is 16.4. The molecule has 1 fully saturated rings. The van der Waals surface area contributed by atoms with Gasteiger partial charge in [0.2, 0.25) is 0 Å². The van der Waals surface area contributed by atoms with Crippen LogP contribution in [0, 0.1) is 6.92 Å². The van der Waals surface area contributed by atoms with Gasteiger partial charge in [0.15, 0.2) is 0 Å². The van der Waals surface area contributed by atoms with Crippen LogP contribution in [0.5, 0.6) is 0 Å². The lowest BCUT2D eigenvalue weighted by atomic mass is 9.93. The average Bonchev–Trinajstić information content (AvgIpc) is 2.67. The molecule has 0 bridgehead atoms. The molecule has 0 amide bonds. The Morgan fingerprint density at radius 3 is 2.74 bits per heavy atom. The molecule has 0 unspecified atom stereocenters. The number of hydrogen-bond acceptors (Lipinski definition) is 5. The van der Waals surface area contributed by atoms with Crippen molar-refractivity contribution in [3.63, 3.8) is 0 Å². The summed E-state index contributed by atoms with van der Waals surface area (Å²) < 4.78 is 0. The van der Waals surface area contributed by atoms with Gasteiger partial charge in [-0.1, -0.05) is 18.7 Å². The molecule has 5 heteroatoms. The first-order chi connectivity index (χ1) is 13.0. The zero-order chi connectivity index (χ0) is 19.0. The van der Waals surface area contributed by atoms with Crippen LogP contribution < -0.4 is 5.73 Å². The van der Waals surface area contributed by atoms with E-state index in [1.807, 2.05) is 25.3 Å². The van der Waals surface area contributed by atoms with Crippen molar-refractivity contribution in [3.05, 3.63) is 59.7 Å². The Balaban J connectivity index is 1.41. The fraction of sp³-hybridized carbons (Fsp3) is 0.455. The quantitative estimate of drug-likeness (QED) is 0.849. The summed E-state index contributed by atoms with van der Waals surface area (Å²) in [5, 5.41) is 0. The van der Waals surface area contributed by atoms with Crippen LogP contribution in [-0.4, -0.2) is 44.9 Å². The van der Waals surface area contributed by atoms with Crippen molar-refractivity contribution in [1.29, 1.82) is 0 Å². The van der Waals surface area contributed by atoms with Crippen molar-refractivity contribution in [3.8, 4) is 0 Å². The summed E-state index contributed by atoms with van der Waals surface area (Å²) in [7, 11) is 0. The molecule has 1 aromatic heterocycles. The van der Waals surface area contributed by atoms with Crippen molar-refractivity contribution in [2.24, 2.45) is 0 Å². The first kappa shape index (κ1) is 18.0. The summed E-state index contributed by atoms with van der Waals surface area (Å²) in [5.74, 6) is 0.874. The Morgan fingerprint density at radius 2 is 2.00 bits per heavy atom. The van der Waals surface area contributed by atoms with Gasteiger partial charge in [-0.2, -0.15) is 0 Å². The number of nitrogens with two attached hydrogens (primary N) is 1. The molecule has 0 aliphatic carbocycles. The highest BCUT2D eigenvalue weighted by molar-refractivity contribution is 5.64. The van der Waals surface area contributed by atoms with E-state index in [1.165, 1.54) is 11.3 Å². The van der Waals surface area contributed by atoms with Crippen molar-refractivity contribution in [2.45, 2.75) is 51.7 Å². The Kier molecular flexibility index (Phi) is 4.87. The van der Waals surface area contributed by atoms with Crippen molar-refractivity contribution in [2.75, 3.05) is 18.8 Å². The number of piperidine rings is 1. The summed E-state index contributed by atoms with van der Waals surface area (Å²) in [5.41, 5.74) is 11.4. The second-order valence-corrected chi connectivity index (χ2v) is 7.90. The first-order valence-corrected chi connectivity index (χ1v) is 9.88. The first-order valence-electron chi connectivity index (χ1n) is 9.88. The zero-order valence-corrected chi connectivity index (χ0v) is 16.4. The average molecular weight is 364 g/mol. The van der Waals surface area contributed by atoms with Gasteiger partial charge in [-0.05, 0) is 56.4 Å². The highest BCUT2D eigenvalue weighted by Gasteiger charge is 2.32. The Morgan fingerprint density at radius 1 is 1.22 bits per heavy atom. The maximum atomic E-state index is 5.82. The van der Waals surface area contributed by atoms with Crippen LogP contribution in [0.25, 0.3) is 5.70 Å². The Labute approximate surface area is 161 Å². The molecule has 4 rings (SSSR count). The van der Waals surface area contributed by atoms with E-state index < -0.39 is 0 Å². The van der Waals surface area contributed by atoms with Gasteiger partial charge in [0.05, 0.1) is 5.69 Å². The third-order valence-corrected chi connectivity index (χ3v) is 6.05. The molecule has 1 saturated heterocycles. The number of nitrogens with zero attached hydrogens (tertiary/aromatic N) is 4. The minimum atomic E-state index is 0.474. The van der Waals surface area contributed by atoms with E-state index in [1.54, 1.807) is 0 Å². The standard InChI is InChI=1S/C22H29N5/c1-15-12-21(26-10-8-19-13-24-17(3)25-22(19)14-26)9-11-27(15)16(2)18-4-6-20(23)7-5-18/h4-7,13,15,21H,2,8-12,14,23H2,1,3H3/t15-,21-/m1/s1. The molecule has 0 spiro atoms. The van der Waals surface area contributed by atoms with E-state index in [4.69, 9.17) is 5.73 Å². The lowest BCUT2D eigenvalue weighted by Gasteiger charge is -2.45. The van der Waals surface area contributed by atoms with Crippen molar-refractivity contribution < 1.29 is 0 Å². The number of aromatic nitrogens is 2. The lowest BCUT2D eigenvalue weighted by molar-refractivity contribution is 0.0924. The third-order valence-electron chi connectivity index (χ3n) is 6.05. The smallest absolute Gasteiger partial charge is 0.125 e. The van der Waals surface area contributed by atoms with Crippen LogP contribution in [0.4, 0.5) is 5.69 Å². The van der Waals surface area contributed by atoms with Crippen LogP contribution in [0.2, 0.25) is 0 Å². The second-order valence-electron chi connectivity index (χ2n) is 7.90. The number of nitrogen functional groups attached to an aromatic ring is 1. The summed E-state index contributed by atoms with van der Waals surface area (Å²) in [6.07, 6.45) is 5.39. The van der Waals surface area contributed by atoms with E-state index in [2.05, 4.69) is 45.4 Å². The van der Waals surface area contributed by atoms with Gasteiger partial charge in [-0.15, -0.1) is 0 Å². The largest absolute Gasteiger partial charge is 0.399 e. The van der Waals surface area contributed by atoms with E-state index in [9.17, 15) is 0 Å². The highest BCUT2D eigenvalue weighted by Crippen LogP contribution is 2.31. The summed E-state index contributed by atoms with van der Waals surface area (Å²) in [6.45, 7) is 11.8. The highest BCUT2D eigenvalue weighted by atomic mass is 15.2. The van der Waals surface area contributed by atoms with Gasteiger partial charge in [-0.3, -0.25) is 4.90 Å². The predicted octanol–water partition coefficient (Wildman–Crippen LogP) is 3.25. The van der Waals surface area contributed by atoms with Gasteiger partial charge < -0.3 is 10.6 Å². The van der Waals surface area contributed by atoms with E-state index in [-0.39, 0.29) is 0 Å². The second kappa shape index (κ2) is 7.31. The molecule has 2 atom stereocenters. The fourth-order valence-electron chi connectivity index (χ4n) is 4.46. The fourth-order valence-corrected chi connectivity index (χ4v) is 4.46. The van der Waals surface area contributed by atoms with Gasteiger partial charge >= 0.3 is 0 Å². The van der Waals surface area contributed by atoms with E-state index in [0.717, 1.165) is 61.7 Å². The van der Waals surface area contributed by atoms with Crippen LogP contribution in [0.1, 0.15) is 42.4 Å². The Bertz CT molecular complexity index is 829. The molecule has 0 radical (unpaired) electrons. The van der Waals surface area contributed by atoms with Crippen LogP contribution in [0.15, 0.2) is 37.0 Å². The lowest BCUT2D eigenvalue weighted by Crippen LogP contribution is -2.49. The van der Waals surface area contributed by atoms with Crippen molar-refractivity contribution in [1.82, 2.24) is 19.8 Å². The molecule has 2 aromatic rings. The number of rotatable bonds is 3. The van der Waals surface area contributed by atoms with Gasteiger partial charge in [0, 0.05) is 49.3 Å². The third kappa shape index (κ3) is 3.69. The maximum absolute atomic E-state index is 5.82. The molecule has 0 saturated carbocycles. The van der Waals surface area contributed by atoms with Gasteiger partial charge in [0.25, 0.3) is 0 Å². The molecule has 2 N–H and O–H groups in total. The number of hydrogen-bond donors (Lipinski definition) is 1. The molecule has 2 aliphatic rings. The summed E-state index contributed by atoms with van der Waals surface area (Å²) in [6, 6.07) is 9.13. The minimum absolute atomic E-state index is 0.474. The molecular weight excluding hydrogens is 334 g/mol. The topological polar surface area (TPSA) is 58.3 Å². The summed E-state index contributed by atoms with van der Waals surface area (Å²) in [4.78, 5) is 14.1. The van der Waals surface area contributed by atoms with Crippen molar-refractivity contribution >= 4 is 11.4 Å². The number of likely N-dealkylation sites (tertiary alicyclic amines) is 1. The molecule has 142 valence electrons. The summed E-state index contributed by atoms with van der Waals surface area (Å²) >= 11 is 0. The molecule has 27 heavy (non-hydrogen) atoms. The van der Waals surface area contributed by atoms with Crippen LogP contribution in [-0.2, 0) is 13.0 Å². The number of aryl methyl sites for hydroxylation is 1. The molecule has 3 heterocycles. The van der Waals surface area contributed by atoms with E-state index in [0.29, 0.717) is 12.1 Å². The number of anilines is 1. The normalized spacial score (nSPS) is 23.1. The maximum Gasteiger partial charge on any atom is 0.125 e. The van der Waals surface area contributed by atoms with Gasteiger partial charge in [0.1, 0.15) is 5.82 Å². The number of benzene rings is 1. The molecule has 2 aliphatic heterocycles. The van der Waals surface area contributed by atoms with E-state index >= 15 is 0 Å². The predicted molar refractivity (Wildman–Crippen MR) is 110 cm³/mol. The Hall–Kier alpha value is -2.40. The van der Waals surface area contributed by atoms with Crippen LogP contribution >= 0.6 is 0 Å². The minimum Gasteiger partial charge on any atom is -0.399 e. The SMILES string of the molecule is C=C(c1ccc(N)cc1)N1CC[C@@H](N2CCc3cnc(C)nc3C2)C[C@H]1C. The molecular formula is C22H29N5. The monoisotopic (exact) mass is 363 g/mol. The molecule has 5 nitrogen and oxygen atoms in total. The van der Waals surface area contributed by atoms with Crippen LogP contribution in [0.3, 0.4) is 0 Å². The van der Waals surface area contributed by atoms with Gasteiger partial charge in [-0.25, -0.2) is 9.97 Å².